The van der Waals surface area contributed by atoms with Gasteiger partial charge in [0.05, 0.1) is 35.5 Å². The Morgan fingerprint density at radius 2 is 1.94 bits per heavy atom. The quantitative estimate of drug-likeness (QED) is 0.374. The zero-order valence-corrected chi connectivity index (χ0v) is 19.7. The van der Waals surface area contributed by atoms with Crippen molar-refractivity contribution in [2.45, 2.75) is 11.7 Å². The summed E-state index contributed by atoms with van der Waals surface area (Å²) in [5.41, 5.74) is 0.858. The van der Waals surface area contributed by atoms with E-state index in [1.807, 2.05) is 4.90 Å². The van der Waals surface area contributed by atoms with Crippen molar-refractivity contribution in [2.24, 2.45) is 0 Å². The molecule has 2 heterocycles. The van der Waals surface area contributed by atoms with Crippen LogP contribution in [-0.4, -0.2) is 66.0 Å². The third kappa shape index (κ3) is 5.31. The highest BCUT2D eigenvalue weighted by Crippen LogP contribution is 2.23. The molecule has 0 spiro atoms. The van der Waals surface area contributed by atoms with Gasteiger partial charge >= 0.3 is 0 Å². The number of amides is 1. The number of ether oxygens (including phenoxy) is 1. The van der Waals surface area contributed by atoms with Gasteiger partial charge in [0.25, 0.3) is 5.56 Å². The molecule has 3 aromatic rings. The molecular weight excluding hydrogens is 467 g/mol. The number of thioether (sulfide) groups is 1. The Morgan fingerprint density at radius 3 is 2.67 bits per heavy atom. The van der Waals surface area contributed by atoms with Crippen molar-refractivity contribution in [3.05, 3.63) is 63.7 Å². The van der Waals surface area contributed by atoms with Crippen molar-refractivity contribution in [1.82, 2.24) is 14.5 Å². The minimum absolute atomic E-state index is 0.0492. The van der Waals surface area contributed by atoms with Gasteiger partial charge in [0.2, 0.25) is 5.91 Å². The summed E-state index contributed by atoms with van der Waals surface area (Å²) >= 11 is 7.30. The van der Waals surface area contributed by atoms with E-state index in [9.17, 15) is 14.0 Å². The molecule has 4 rings (SSSR count). The van der Waals surface area contributed by atoms with Crippen LogP contribution in [0.15, 0.2) is 52.4 Å². The fourth-order valence-electron chi connectivity index (χ4n) is 3.79. The maximum atomic E-state index is 14.1. The largest absolute Gasteiger partial charge is 0.383 e. The van der Waals surface area contributed by atoms with E-state index in [1.165, 1.54) is 22.4 Å². The first-order valence-electron chi connectivity index (χ1n) is 10.6. The van der Waals surface area contributed by atoms with Crippen LogP contribution in [0.4, 0.5) is 10.1 Å². The highest BCUT2D eigenvalue weighted by atomic mass is 35.5. The Kier molecular flexibility index (Phi) is 7.52. The number of hydrogen-bond acceptors (Lipinski definition) is 6. The van der Waals surface area contributed by atoms with Gasteiger partial charge in [0.15, 0.2) is 5.16 Å². The Bertz CT molecular complexity index is 1210. The zero-order chi connectivity index (χ0) is 23.4. The van der Waals surface area contributed by atoms with Crippen LogP contribution in [0.1, 0.15) is 0 Å². The maximum Gasteiger partial charge on any atom is 0.262 e. The summed E-state index contributed by atoms with van der Waals surface area (Å²) in [6.07, 6.45) is 0. The minimum Gasteiger partial charge on any atom is -0.383 e. The van der Waals surface area contributed by atoms with Crippen molar-refractivity contribution in [2.75, 3.05) is 50.5 Å². The van der Waals surface area contributed by atoms with Crippen LogP contribution in [0.5, 0.6) is 0 Å². The van der Waals surface area contributed by atoms with Crippen LogP contribution in [0.3, 0.4) is 0 Å². The summed E-state index contributed by atoms with van der Waals surface area (Å²) in [7, 11) is 1.57. The van der Waals surface area contributed by atoms with Crippen LogP contribution in [0.25, 0.3) is 10.9 Å². The number of aromatic nitrogens is 2. The van der Waals surface area contributed by atoms with Crippen molar-refractivity contribution >= 4 is 45.9 Å². The Balaban J connectivity index is 1.45. The molecule has 1 aromatic heterocycles. The van der Waals surface area contributed by atoms with Gasteiger partial charge in [-0.25, -0.2) is 9.37 Å². The lowest BCUT2D eigenvalue weighted by atomic mass is 10.2. The fourth-order valence-corrected chi connectivity index (χ4v) is 4.88. The molecule has 0 radical (unpaired) electrons. The minimum atomic E-state index is -0.260. The molecule has 1 saturated heterocycles. The molecule has 0 N–H and O–H groups in total. The molecular formula is C23H24ClFN4O3S. The lowest BCUT2D eigenvalue weighted by molar-refractivity contribution is -0.128. The predicted molar refractivity (Wildman–Crippen MR) is 129 cm³/mol. The Hall–Kier alpha value is -2.62. The Morgan fingerprint density at radius 1 is 1.18 bits per heavy atom. The standard InChI is InChI=1S/C23H24ClFN4O3S/c1-32-13-12-29-22(31)17-7-6-16(24)14-19(17)26-23(29)33-15-21(30)28-10-8-27(9-11-28)20-5-3-2-4-18(20)25/h2-7,14H,8-13,15H2,1H3. The van der Waals surface area contributed by atoms with Crippen molar-refractivity contribution in [1.29, 1.82) is 0 Å². The number of fused-ring (bicyclic) bond motifs is 1. The van der Waals surface area contributed by atoms with Gasteiger partial charge < -0.3 is 14.5 Å². The molecule has 2 aromatic carbocycles. The number of carbonyl (C=O) groups is 1. The SMILES string of the molecule is COCCn1c(SCC(=O)N2CCN(c3ccccc3F)CC2)nc2cc(Cl)ccc2c1=O. The van der Waals surface area contributed by atoms with E-state index < -0.39 is 0 Å². The molecule has 10 heteroatoms. The average molecular weight is 491 g/mol. The molecule has 1 aliphatic heterocycles. The third-order valence-electron chi connectivity index (χ3n) is 5.55. The van der Waals surface area contributed by atoms with E-state index in [1.54, 1.807) is 48.4 Å². The first-order chi connectivity index (χ1) is 16.0. The predicted octanol–water partition coefficient (Wildman–Crippen LogP) is 3.28. The summed E-state index contributed by atoms with van der Waals surface area (Å²) in [5, 5.41) is 1.41. The molecule has 0 unspecified atom stereocenters. The number of anilines is 1. The third-order valence-corrected chi connectivity index (χ3v) is 6.75. The van der Waals surface area contributed by atoms with E-state index in [0.717, 1.165) is 0 Å². The Labute approximate surface area is 200 Å². The van der Waals surface area contributed by atoms with Gasteiger partial charge in [-0.05, 0) is 30.3 Å². The molecule has 0 bridgehead atoms. The lowest BCUT2D eigenvalue weighted by Crippen LogP contribution is -2.49. The first kappa shape index (κ1) is 23.5. The summed E-state index contributed by atoms with van der Waals surface area (Å²) in [4.78, 5) is 34.2. The number of rotatable bonds is 7. The monoisotopic (exact) mass is 490 g/mol. The summed E-state index contributed by atoms with van der Waals surface area (Å²) in [5.74, 6) is -0.165. The van der Waals surface area contributed by atoms with Gasteiger partial charge in [-0.3, -0.25) is 14.2 Å². The van der Waals surface area contributed by atoms with Crippen molar-refractivity contribution in [3.8, 4) is 0 Å². The molecule has 0 saturated carbocycles. The number of carbonyl (C=O) groups excluding carboxylic acids is 1. The van der Waals surface area contributed by atoms with Gasteiger partial charge in [-0.15, -0.1) is 0 Å². The lowest BCUT2D eigenvalue weighted by Gasteiger charge is -2.36. The van der Waals surface area contributed by atoms with Crippen LogP contribution >= 0.6 is 23.4 Å². The molecule has 0 atom stereocenters. The second-order valence-corrected chi connectivity index (χ2v) is 8.99. The normalized spacial score (nSPS) is 14.2. The molecule has 174 valence electrons. The van der Waals surface area contributed by atoms with Crippen LogP contribution in [0.2, 0.25) is 5.02 Å². The van der Waals surface area contributed by atoms with E-state index in [-0.39, 0.29) is 23.0 Å². The number of methoxy groups -OCH3 is 1. The smallest absolute Gasteiger partial charge is 0.262 e. The van der Waals surface area contributed by atoms with Gasteiger partial charge in [-0.1, -0.05) is 35.5 Å². The molecule has 1 amide bonds. The summed E-state index contributed by atoms with van der Waals surface area (Å²) < 4.78 is 20.7. The number of halogens is 2. The molecule has 1 aliphatic rings. The second-order valence-electron chi connectivity index (χ2n) is 7.61. The van der Waals surface area contributed by atoms with Crippen molar-refractivity contribution in [3.63, 3.8) is 0 Å². The van der Waals surface area contributed by atoms with E-state index in [0.29, 0.717) is 66.1 Å². The topological polar surface area (TPSA) is 67.7 Å². The fraction of sp³-hybridized carbons (Fsp3) is 0.348. The van der Waals surface area contributed by atoms with Gasteiger partial charge in [0.1, 0.15) is 5.82 Å². The van der Waals surface area contributed by atoms with Crippen LogP contribution in [0, 0.1) is 5.82 Å². The van der Waals surface area contributed by atoms with Gasteiger partial charge in [0, 0.05) is 38.3 Å². The molecule has 7 nitrogen and oxygen atoms in total. The average Bonchev–Trinajstić information content (AvgIpc) is 2.82. The van der Waals surface area contributed by atoms with E-state index in [4.69, 9.17) is 16.3 Å². The van der Waals surface area contributed by atoms with Gasteiger partial charge in [-0.2, -0.15) is 0 Å². The molecule has 0 aliphatic carbocycles. The van der Waals surface area contributed by atoms with Crippen molar-refractivity contribution < 1.29 is 13.9 Å². The second kappa shape index (κ2) is 10.5. The zero-order valence-electron chi connectivity index (χ0n) is 18.2. The highest BCUT2D eigenvalue weighted by Gasteiger charge is 2.23. The number of hydrogen-bond donors (Lipinski definition) is 0. The number of benzene rings is 2. The highest BCUT2D eigenvalue weighted by molar-refractivity contribution is 7.99. The number of nitrogens with zero attached hydrogens (tertiary/aromatic N) is 4. The van der Waals surface area contributed by atoms with E-state index in [2.05, 4.69) is 4.98 Å². The number of para-hydroxylation sites is 1. The summed E-state index contributed by atoms with van der Waals surface area (Å²) in [6.45, 7) is 2.81. The molecule has 33 heavy (non-hydrogen) atoms. The summed E-state index contributed by atoms with van der Waals surface area (Å²) in [6, 6.07) is 11.6. The molecule has 1 fully saturated rings. The van der Waals surface area contributed by atoms with E-state index >= 15 is 0 Å². The number of piperazine rings is 1. The van der Waals surface area contributed by atoms with Crippen LogP contribution in [-0.2, 0) is 16.1 Å². The maximum absolute atomic E-state index is 14.1. The van der Waals surface area contributed by atoms with Crippen LogP contribution < -0.4 is 10.5 Å². The first-order valence-corrected chi connectivity index (χ1v) is 11.9.